The standard InChI is InChI=1S/C14H24O/c1-10(2)13-6-5-12(4)14(8-13)7-11(3)9-15/h9-11,13H,5-8H2,1-4H3. The Kier molecular flexibility index (Phi) is 4.56. The number of carbonyl (C=O) groups is 1. The van der Waals surface area contributed by atoms with Gasteiger partial charge in [0.15, 0.2) is 0 Å². The summed E-state index contributed by atoms with van der Waals surface area (Å²) in [6.45, 7) is 8.88. The first-order chi connectivity index (χ1) is 7.04. The lowest BCUT2D eigenvalue weighted by molar-refractivity contribution is -0.110. The van der Waals surface area contributed by atoms with Gasteiger partial charge in [0.1, 0.15) is 6.29 Å². The predicted octanol–water partition coefficient (Wildman–Crippen LogP) is 3.98. The van der Waals surface area contributed by atoms with Gasteiger partial charge in [-0.15, -0.1) is 0 Å². The summed E-state index contributed by atoms with van der Waals surface area (Å²) >= 11 is 0. The average molecular weight is 208 g/mol. The maximum Gasteiger partial charge on any atom is 0.123 e. The second-order valence-corrected chi connectivity index (χ2v) is 5.45. The smallest absolute Gasteiger partial charge is 0.123 e. The quantitative estimate of drug-likeness (QED) is 0.504. The maximum absolute atomic E-state index is 10.7. The molecule has 86 valence electrons. The van der Waals surface area contributed by atoms with Crippen LogP contribution in [-0.2, 0) is 4.79 Å². The molecule has 0 aromatic rings. The summed E-state index contributed by atoms with van der Waals surface area (Å²) in [4.78, 5) is 10.7. The van der Waals surface area contributed by atoms with Gasteiger partial charge in [0.25, 0.3) is 0 Å². The summed E-state index contributed by atoms with van der Waals surface area (Å²) in [5.41, 5.74) is 3.10. The minimum atomic E-state index is 0.195. The fraction of sp³-hybridized carbons (Fsp3) is 0.786. The van der Waals surface area contributed by atoms with Gasteiger partial charge in [-0.25, -0.2) is 0 Å². The van der Waals surface area contributed by atoms with Crippen LogP contribution in [0.5, 0.6) is 0 Å². The van der Waals surface area contributed by atoms with Crippen LogP contribution in [0.1, 0.15) is 53.4 Å². The molecule has 0 aromatic heterocycles. The number of hydrogen-bond donors (Lipinski definition) is 0. The van der Waals surface area contributed by atoms with Gasteiger partial charge in [-0.1, -0.05) is 31.9 Å². The summed E-state index contributed by atoms with van der Waals surface area (Å²) in [5.74, 6) is 1.81. The van der Waals surface area contributed by atoms with Crippen molar-refractivity contribution >= 4 is 6.29 Å². The number of hydrogen-bond acceptors (Lipinski definition) is 1. The van der Waals surface area contributed by atoms with Crippen molar-refractivity contribution in [3.63, 3.8) is 0 Å². The summed E-state index contributed by atoms with van der Waals surface area (Å²) in [5, 5.41) is 0. The van der Waals surface area contributed by atoms with E-state index in [0.717, 1.165) is 24.5 Å². The third kappa shape index (κ3) is 3.48. The van der Waals surface area contributed by atoms with Gasteiger partial charge in [0, 0.05) is 5.92 Å². The molecule has 1 heteroatoms. The van der Waals surface area contributed by atoms with E-state index in [1.54, 1.807) is 11.1 Å². The maximum atomic E-state index is 10.7. The SMILES string of the molecule is CC1=C(CC(C)C=O)CC(C(C)C)CC1. The van der Waals surface area contributed by atoms with Crippen LogP contribution in [-0.4, -0.2) is 6.29 Å². The van der Waals surface area contributed by atoms with Gasteiger partial charge < -0.3 is 4.79 Å². The molecular weight excluding hydrogens is 184 g/mol. The van der Waals surface area contributed by atoms with E-state index in [2.05, 4.69) is 20.8 Å². The number of carbonyl (C=O) groups excluding carboxylic acids is 1. The summed E-state index contributed by atoms with van der Waals surface area (Å²) < 4.78 is 0. The van der Waals surface area contributed by atoms with Gasteiger partial charge >= 0.3 is 0 Å². The molecule has 0 spiro atoms. The minimum absolute atomic E-state index is 0.195. The van der Waals surface area contributed by atoms with Gasteiger partial charge in [0.2, 0.25) is 0 Å². The van der Waals surface area contributed by atoms with Gasteiger partial charge in [0.05, 0.1) is 0 Å². The number of allylic oxidation sites excluding steroid dienone is 2. The van der Waals surface area contributed by atoms with Crippen molar-refractivity contribution in [1.82, 2.24) is 0 Å². The Morgan fingerprint density at radius 3 is 2.60 bits per heavy atom. The van der Waals surface area contributed by atoms with Crippen molar-refractivity contribution in [2.75, 3.05) is 0 Å². The third-order valence-corrected chi connectivity index (χ3v) is 3.75. The van der Waals surface area contributed by atoms with E-state index in [-0.39, 0.29) is 5.92 Å². The topological polar surface area (TPSA) is 17.1 Å². The Morgan fingerprint density at radius 1 is 1.40 bits per heavy atom. The highest BCUT2D eigenvalue weighted by molar-refractivity contribution is 5.53. The first-order valence-corrected chi connectivity index (χ1v) is 6.17. The van der Waals surface area contributed by atoms with Crippen LogP contribution >= 0.6 is 0 Å². The zero-order chi connectivity index (χ0) is 11.4. The minimum Gasteiger partial charge on any atom is -0.303 e. The molecule has 2 unspecified atom stereocenters. The molecule has 1 rings (SSSR count). The molecule has 15 heavy (non-hydrogen) atoms. The molecule has 0 heterocycles. The van der Waals surface area contributed by atoms with E-state index in [1.807, 2.05) is 6.92 Å². The van der Waals surface area contributed by atoms with Crippen LogP contribution in [0, 0.1) is 17.8 Å². The van der Waals surface area contributed by atoms with Crippen LogP contribution in [0.4, 0.5) is 0 Å². The molecule has 0 fully saturated rings. The highest BCUT2D eigenvalue weighted by Gasteiger charge is 2.22. The Hall–Kier alpha value is -0.590. The second kappa shape index (κ2) is 5.48. The second-order valence-electron chi connectivity index (χ2n) is 5.45. The molecule has 0 aromatic carbocycles. The number of aldehydes is 1. The van der Waals surface area contributed by atoms with E-state index in [9.17, 15) is 4.79 Å². The van der Waals surface area contributed by atoms with E-state index in [4.69, 9.17) is 0 Å². The Morgan fingerprint density at radius 2 is 2.07 bits per heavy atom. The first-order valence-electron chi connectivity index (χ1n) is 6.17. The molecular formula is C14H24O. The lowest BCUT2D eigenvalue weighted by Crippen LogP contribution is -2.16. The van der Waals surface area contributed by atoms with Crippen LogP contribution in [0.15, 0.2) is 11.1 Å². The largest absolute Gasteiger partial charge is 0.303 e. The van der Waals surface area contributed by atoms with Crippen molar-refractivity contribution in [1.29, 1.82) is 0 Å². The third-order valence-electron chi connectivity index (χ3n) is 3.75. The highest BCUT2D eigenvalue weighted by Crippen LogP contribution is 2.36. The molecule has 0 bridgehead atoms. The summed E-state index contributed by atoms with van der Waals surface area (Å²) in [6.07, 6.45) is 5.87. The summed E-state index contributed by atoms with van der Waals surface area (Å²) in [7, 11) is 0. The molecule has 1 nitrogen and oxygen atoms in total. The Bertz CT molecular complexity index is 250. The van der Waals surface area contributed by atoms with Crippen LogP contribution < -0.4 is 0 Å². The zero-order valence-corrected chi connectivity index (χ0v) is 10.5. The first kappa shape index (κ1) is 12.5. The molecule has 0 saturated heterocycles. The van der Waals surface area contributed by atoms with Crippen LogP contribution in [0.2, 0.25) is 0 Å². The predicted molar refractivity (Wildman–Crippen MR) is 64.7 cm³/mol. The molecule has 0 saturated carbocycles. The van der Waals surface area contributed by atoms with E-state index in [0.29, 0.717) is 0 Å². The normalized spacial score (nSPS) is 24.5. The lowest BCUT2D eigenvalue weighted by atomic mass is 9.76. The molecule has 0 amide bonds. The fourth-order valence-corrected chi connectivity index (χ4v) is 2.43. The van der Waals surface area contributed by atoms with E-state index >= 15 is 0 Å². The van der Waals surface area contributed by atoms with Gasteiger partial charge in [-0.05, 0) is 44.4 Å². The summed E-state index contributed by atoms with van der Waals surface area (Å²) in [6, 6.07) is 0. The lowest BCUT2D eigenvalue weighted by Gasteiger charge is -2.29. The van der Waals surface area contributed by atoms with Crippen molar-refractivity contribution < 1.29 is 4.79 Å². The fourth-order valence-electron chi connectivity index (χ4n) is 2.43. The molecule has 1 aliphatic carbocycles. The molecule has 2 atom stereocenters. The van der Waals surface area contributed by atoms with Crippen LogP contribution in [0.25, 0.3) is 0 Å². The Labute approximate surface area is 93.9 Å². The number of rotatable bonds is 4. The molecule has 1 aliphatic rings. The Balaban J connectivity index is 2.64. The molecule has 0 aliphatic heterocycles. The van der Waals surface area contributed by atoms with E-state index in [1.165, 1.54) is 19.3 Å². The van der Waals surface area contributed by atoms with Crippen molar-refractivity contribution in [3.05, 3.63) is 11.1 Å². The van der Waals surface area contributed by atoms with Gasteiger partial charge in [-0.2, -0.15) is 0 Å². The van der Waals surface area contributed by atoms with Crippen molar-refractivity contribution in [2.45, 2.75) is 53.4 Å². The average Bonchev–Trinajstić information content (AvgIpc) is 2.20. The van der Waals surface area contributed by atoms with Crippen molar-refractivity contribution in [3.8, 4) is 0 Å². The highest BCUT2D eigenvalue weighted by atomic mass is 16.1. The zero-order valence-electron chi connectivity index (χ0n) is 10.5. The van der Waals surface area contributed by atoms with Crippen molar-refractivity contribution in [2.24, 2.45) is 17.8 Å². The van der Waals surface area contributed by atoms with Crippen LogP contribution in [0.3, 0.4) is 0 Å². The molecule has 0 N–H and O–H groups in total. The van der Waals surface area contributed by atoms with E-state index < -0.39 is 0 Å². The van der Waals surface area contributed by atoms with Gasteiger partial charge in [-0.3, -0.25) is 0 Å². The molecule has 0 radical (unpaired) electrons. The monoisotopic (exact) mass is 208 g/mol.